The third kappa shape index (κ3) is 2.65. The Morgan fingerprint density at radius 2 is 2.18 bits per heavy atom. The van der Waals surface area contributed by atoms with Crippen molar-refractivity contribution in [1.82, 2.24) is 0 Å². The van der Waals surface area contributed by atoms with Crippen LogP contribution < -0.4 is 4.74 Å². The predicted octanol–water partition coefficient (Wildman–Crippen LogP) is 1.86. The minimum absolute atomic E-state index is 0.196. The van der Waals surface area contributed by atoms with Gasteiger partial charge in [-0.2, -0.15) is 0 Å². The van der Waals surface area contributed by atoms with E-state index >= 15 is 0 Å². The Morgan fingerprint density at radius 3 is 2.76 bits per heavy atom. The quantitative estimate of drug-likeness (QED) is 0.443. The van der Waals surface area contributed by atoms with Crippen LogP contribution >= 0.6 is 0 Å². The topological polar surface area (TPSA) is 48.1 Å². The molecule has 1 saturated heterocycles. The summed E-state index contributed by atoms with van der Waals surface area (Å²) in [7, 11) is 1.61. The van der Waals surface area contributed by atoms with E-state index < -0.39 is 6.10 Å². The van der Waals surface area contributed by atoms with Crippen LogP contribution in [0, 0.1) is 0 Å². The average molecular weight is 234 g/mol. The average Bonchev–Trinajstić information content (AvgIpc) is 3.16. The summed E-state index contributed by atoms with van der Waals surface area (Å²) in [4.78, 5) is 11.5. The zero-order valence-corrected chi connectivity index (χ0v) is 9.59. The van der Waals surface area contributed by atoms with Crippen LogP contribution in [0.1, 0.15) is 11.7 Å². The summed E-state index contributed by atoms with van der Waals surface area (Å²) >= 11 is 0. The summed E-state index contributed by atoms with van der Waals surface area (Å²) in [5.74, 6) is 0.436. The molecule has 1 aliphatic heterocycles. The van der Waals surface area contributed by atoms with Crippen LogP contribution in [0.25, 0.3) is 0 Å². The van der Waals surface area contributed by atoms with Crippen molar-refractivity contribution in [3.05, 3.63) is 42.5 Å². The molecule has 2 rings (SSSR count). The Labute approximate surface area is 99.8 Å². The molecule has 1 aromatic carbocycles. The first-order valence-corrected chi connectivity index (χ1v) is 5.33. The Morgan fingerprint density at radius 1 is 1.47 bits per heavy atom. The molecule has 0 spiro atoms. The van der Waals surface area contributed by atoms with Crippen LogP contribution in [0.2, 0.25) is 0 Å². The van der Waals surface area contributed by atoms with E-state index in [4.69, 9.17) is 14.2 Å². The Balaban J connectivity index is 1.93. The van der Waals surface area contributed by atoms with Gasteiger partial charge in [-0.25, -0.2) is 4.79 Å². The fourth-order valence-electron chi connectivity index (χ4n) is 1.56. The molecular formula is C13H14O4. The number of carbonyl (C=O) groups excluding carboxylic acids is 1. The predicted molar refractivity (Wildman–Crippen MR) is 61.8 cm³/mol. The molecule has 0 N–H and O–H groups in total. The van der Waals surface area contributed by atoms with E-state index in [1.165, 1.54) is 6.08 Å². The minimum Gasteiger partial charge on any atom is -0.497 e. The smallest absolute Gasteiger partial charge is 0.338 e. The molecule has 0 aromatic heterocycles. The van der Waals surface area contributed by atoms with E-state index in [9.17, 15) is 4.79 Å². The molecule has 0 amide bonds. The van der Waals surface area contributed by atoms with E-state index in [0.717, 1.165) is 11.3 Å². The largest absolute Gasteiger partial charge is 0.497 e. The lowest BCUT2D eigenvalue weighted by atomic mass is 10.1. The van der Waals surface area contributed by atoms with Crippen LogP contribution in [-0.2, 0) is 14.3 Å². The van der Waals surface area contributed by atoms with Crippen molar-refractivity contribution in [3.8, 4) is 5.75 Å². The summed E-state index contributed by atoms with van der Waals surface area (Å²) in [6.07, 6.45) is 0.851. The van der Waals surface area contributed by atoms with Gasteiger partial charge in [0, 0.05) is 0 Å². The number of rotatable bonds is 5. The number of epoxide rings is 1. The fraction of sp³-hybridized carbons (Fsp3) is 0.308. The molecular weight excluding hydrogens is 220 g/mol. The van der Waals surface area contributed by atoms with Crippen molar-refractivity contribution in [2.24, 2.45) is 0 Å². The van der Waals surface area contributed by atoms with E-state index in [2.05, 4.69) is 6.58 Å². The monoisotopic (exact) mass is 234 g/mol. The number of esters is 1. The first kappa shape index (κ1) is 11.7. The van der Waals surface area contributed by atoms with Gasteiger partial charge < -0.3 is 14.2 Å². The van der Waals surface area contributed by atoms with Crippen LogP contribution in [0.4, 0.5) is 0 Å². The lowest BCUT2D eigenvalue weighted by Crippen LogP contribution is -2.12. The second-order valence-corrected chi connectivity index (χ2v) is 3.67. The molecule has 4 heteroatoms. The van der Waals surface area contributed by atoms with Crippen molar-refractivity contribution in [1.29, 1.82) is 0 Å². The summed E-state index contributed by atoms with van der Waals surface area (Å²) in [6.45, 7) is 3.69. The Hall–Kier alpha value is -1.81. The highest BCUT2D eigenvalue weighted by Gasteiger charge is 2.47. The molecule has 0 saturated carbocycles. The van der Waals surface area contributed by atoms with Crippen LogP contribution in [-0.4, -0.2) is 25.8 Å². The molecule has 17 heavy (non-hydrogen) atoms. The van der Waals surface area contributed by atoms with Gasteiger partial charge in [-0.1, -0.05) is 24.8 Å². The van der Waals surface area contributed by atoms with Crippen LogP contribution in [0.15, 0.2) is 36.9 Å². The number of ether oxygens (including phenoxy) is 3. The van der Waals surface area contributed by atoms with Crippen molar-refractivity contribution in [2.45, 2.75) is 12.2 Å². The second-order valence-electron chi connectivity index (χ2n) is 3.67. The minimum atomic E-state index is -0.483. The molecule has 1 aliphatic rings. The number of hydrogen-bond acceptors (Lipinski definition) is 4. The molecule has 0 bridgehead atoms. The first-order chi connectivity index (χ1) is 8.26. The highest BCUT2D eigenvalue weighted by molar-refractivity contribution is 5.78. The van der Waals surface area contributed by atoms with Crippen molar-refractivity contribution in [2.75, 3.05) is 13.7 Å². The molecule has 0 radical (unpaired) electrons. The fourth-order valence-corrected chi connectivity index (χ4v) is 1.56. The zero-order chi connectivity index (χ0) is 12.3. The summed E-state index contributed by atoms with van der Waals surface area (Å²) in [6, 6.07) is 7.43. The van der Waals surface area contributed by atoms with E-state index in [1.807, 2.05) is 24.3 Å². The van der Waals surface area contributed by atoms with Gasteiger partial charge in [-0.15, -0.1) is 0 Å². The maximum absolute atomic E-state index is 11.5. The molecule has 1 aromatic rings. The van der Waals surface area contributed by atoms with Gasteiger partial charge >= 0.3 is 5.97 Å². The number of benzene rings is 1. The third-order valence-corrected chi connectivity index (χ3v) is 2.51. The Kier molecular flexibility index (Phi) is 3.44. The molecule has 0 aliphatic carbocycles. The summed E-state index contributed by atoms with van der Waals surface area (Å²) in [5, 5.41) is 0. The zero-order valence-electron chi connectivity index (χ0n) is 9.59. The van der Waals surface area contributed by atoms with Crippen LogP contribution in [0.3, 0.4) is 0 Å². The SMILES string of the molecule is C=CCOC(=O)C1OC1c1ccc(OC)cc1. The van der Waals surface area contributed by atoms with E-state index in [-0.39, 0.29) is 18.7 Å². The Bertz CT molecular complexity index is 410. The number of carbonyl (C=O) groups is 1. The van der Waals surface area contributed by atoms with Gasteiger partial charge in [0.15, 0.2) is 6.10 Å². The van der Waals surface area contributed by atoms with Gasteiger partial charge in [0.25, 0.3) is 0 Å². The molecule has 1 heterocycles. The number of methoxy groups -OCH3 is 1. The van der Waals surface area contributed by atoms with Gasteiger partial charge in [-0.05, 0) is 17.7 Å². The van der Waals surface area contributed by atoms with Gasteiger partial charge in [0.05, 0.1) is 7.11 Å². The molecule has 90 valence electrons. The van der Waals surface area contributed by atoms with Crippen LogP contribution in [0.5, 0.6) is 5.75 Å². The van der Waals surface area contributed by atoms with E-state index in [1.54, 1.807) is 7.11 Å². The lowest BCUT2D eigenvalue weighted by Gasteiger charge is -2.00. The van der Waals surface area contributed by atoms with Gasteiger partial charge in [-0.3, -0.25) is 0 Å². The highest BCUT2D eigenvalue weighted by Crippen LogP contribution is 2.39. The van der Waals surface area contributed by atoms with Crippen molar-refractivity contribution >= 4 is 5.97 Å². The normalized spacial score (nSPS) is 21.7. The van der Waals surface area contributed by atoms with Gasteiger partial charge in [0.1, 0.15) is 18.5 Å². The van der Waals surface area contributed by atoms with Crippen molar-refractivity contribution in [3.63, 3.8) is 0 Å². The third-order valence-electron chi connectivity index (χ3n) is 2.51. The maximum Gasteiger partial charge on any atom is 0.338 e. The van der Waals surface area contributed by atoms with Crippen molar-refractivity contribution < 1.29 is 19.0 Å². The molecule has 1 fully saturated rings. The summed E-state index contributed by atoms with van der Waals surface area (Å²) in [5.41, 5.74) is 0.950. The summed E-state index contributed by atoms with van der Waals surface area (Å²) < 4.78 is 15.2. The second kappa shape index (κ2) is 5.01. The molecule has 2 atom stereocenters. The molecule has 2 unspecified atom stereocenters. The standard InChI is InChI=1S/C13H14O4/c1-3-8-16-13(14)12-11(17-12)9-4-6-10(15-2)7-5-9/h3-7,11-12H,1,8H2,2H3. The number of hydrogen-bond donors (Lipinski definition) is 0. The lowest BCUT2D eigenvalue weighted by molar-refractivity contribution is -0.143. The maximum atomic E-state index is 11.5. The highest BCUT2D eigenvalue weighted by atomic mass is 16.6. The first-order valence-electron chi connectivity index (χ1n) is 5.33. The van der Waals surface area contributed by atoms with Gasteiger partial charge in [0.2, 0.25) is 0 Å². The van der Waals surface area contributed by atoms with E-state index in [0.29, 0.717) is 0 Å². The molecule has 4 nitrogen and oxygen atoms in total.